The molecule has 0 saturated carbocycles. The van der Waals surface area contributed by atoms with Crippen molar-refractivity contribution in [1.82, 2.24) is 5.32 Å². The molecule has 1 rings (SSSR count). The number of hydrogen-bond donors (Lipinski definition) is 1. The van der Waals surface area contributed by atoms with Crippen LogP contribution in [0.4, 0.5) is 4.79 Å². The summed E-state index contributed by atoms with van der Waals surface area (Å²) in [6, 6.07) is 5.69. The summed E-state index contributed by atoms with van der Waals surface area (Å²) in [5.74, 6) is -0.637. The number of nitrogens with zero attached hydrogens (tertiary/aromatic N) is 3. The van der Waals surface area contributed by atoms with Crippen LogP contribution in [0.15, 0.2) is 29.4 Å². The molecule has 8 nitrogen and oxygen atoms in total. The second-order valence-electron chi connectivity index (χ2n) is 5.73. The summed E-state index contributed by atoms with van der Waals surface area (Å²) in [4.78, 5) is 25.8. The molecule has 0 radical (unpaired) electrons. The van der Waals surface area contributed by atoms with Gasteiger partial charge in [0.1, 0.15) is 5.60 Å². The summed E-state index contributed by atoms with van der Waals surface area (Å²) in [6.07, 6.45) is -0.511. The fourth-order valence-corrected chi connectivity index (χ4v) is 1.72. The van der Waals surface area contributed by atoms with E-state index in [4.69, 9.17) is 10.3 Å². The smallest absolute Gasteiger partial charge is 0.407 e. The van der Waals surface area contributed by atoms with Crippen LogP contribution in [0.5, 0.6) is 0 Å². The number of benzene rings is 1. The van der Waals surface area contributed by atoms with Crippen molar-refractivity contribution in [3.8, 4) is 0 Å². The van der Waals surface area contributed by atoms with E-state index in [1.165, 1.54) is 7.11 Å². The molecule has 1 unspecified atom stereocenters. The van der Waals surface area contributed by atoms with E-state index in [-0.39, 0.29) is 6.54 Å². The van der Waals surface area contributed by atoms with Crippen LogP contribution in [-0.2, 0) is 20.8 Å². The first-order chi connectivity index (χ1) is 10.8. The average molecular weight is 320 g/mol. The number of esters is 1. The third-order valence-electron chi connectivity index (χ3n) is 2.72. The highest BCUT2D eigenvalue weighted by Gasteiger charge is 2.20. The summed E-state index contributed by atoms with van der Waals surface area (Å²) in [5, 5.41) is 6.05. The van der Waals surface area contributed by atoms with Crippen LogP contribution in [-0.4, -0.2) is 24.8 Å². The van der Waals surface area contributed by atoms with Crippen molar-refractivity contribution in [3.05, 3.63) is 45.8 Å². The zero-order valence-corrected chi connectivity index (χ0v) is 13.6. The van der Waals surface area contributed by atoms with Crippen molar-refractivity contribution in [2.24, 2.45) is 5.11 Å². The van der Waals surface area contributed by atoms with E-state index < -0.39 is 23.7 Å². The SMILES string of the molecule is COC(=O)C(N=[N+]=[N-])c1ccc(CNC(=O)OC(C)(C)C)cc1. The summed E-state index contributed by atoms with van der Waals surface area (Å²) in [6.45, 7) is 5.62. The Labute approximate surface area is 134 Å². The van der Waals surface area contributed by atoms with Gasteiger partial charge in [0, 0.05) is 11.5 Å². The molecule has 0 spiro atoms. The Bertz CT molecular complexity index is 601. The van der Waals surface area contributed by atoms with Gasteiger partial charge in [0.05, 0.1) is 7.11 Å². The van der Waals surface area contributed by atoms with Crippen LogP contribution in [0.25, 0.3) is 10.4 Å². The summed E-state index contributed by atoms with van der Waals surface area (Å²) in [7, 11) is 1.22. The molecule has 8 heteroatoms. The molecule has 0 aliphatic heterocycles. The topological polar surface area (TPSA) is 113 Å². The van der Waals surface area contributed by atoms with E-state index in [0.717, 1.165) is 5.56 Å². The van der Waals surface area contributed by atoms with Gasteiger partial charge in [0.2, 0.25) is 0 Å². The zero-order valence-electron chi connectivity index (χ0n) is 13.6. The number of alkyl carbamates (subject to hydrolysis) is 1. The number of nitrogens with one attached hydrogen (secondary N) is 1. The van der Waals surface area contributed by atoms with Crippen molar-refractivity contribution < 1.29 is 19.1 Å². The van der Waals surface area contributed by atoms with Gasteiger partial charge in [-0.05, 0) is 37.4 Å². The fraction of sp³-hybridized carbons (Fsp3) is 0.467. The van der Waals surface area contributed by atoms with E-state index in [2.05, 4.69) is 20.1 Å². The molecule has 0 fully saturated rings. The van der Waals surface area contributed by atoms with Crippen LogP contribution < -0.4 is 5.32 Å². The quantitative estimate of drug-likeness (QED) is 0.388. The molecule has 1 aromatic rings. The van der Waals surface area contributed by atoms with Crippen LogP contribution >= 0.6 is 0 Å². The molecule has 0 bridgehead atoms. The third-order valence-corrected chi connectivity index (χ3v) is 2.72. The molecule has 1 aromatic carbocycles. The number of carbonyl (C=O) groups excluding carboxylic acids is 2. The van der Waals surface area contributed by atoms with E-state index in [1.54, 1.807) is 45.0 Å². The van der Waals surface area contributed by atoms with Crippen LogP contribution in [0.2, 0.25) is 0 Å². The second kappa shape index (κ2) is 8.05. The number of methoxy groups -OCH3 is 1. The molecule has 124 valence electrons. The highest BCUT2D eigenvalue weighted by Crippen LogP contribution is 2.20. The second-order valence-corrected chi connectivity index (χ2v) is 5.73. The first-order valence-electron chi connectivity index (χ1n) is 6.94. The Kier molecular flexibility index (Phi) is 6.41. The summed E-state index contributed by atoms with van der Waals surface area (Å²) in [5.41, 5.74) is 9.29. The molecule has 1 N–H and O–H groups in total. The number of carbonyl (C=O) groups is 2. The fourth-order valence-electron chi connectivity index (χ4n) is 1.72. The van der Waals surface area contributed by atoms with Crippen molar-refractivity contribution in [2.75, 3.05) is 7.11 Å². The molecule has 0 heterocycles. The highest BCUT2D eigenvalue weighted by molar-refractivity contribution is 5.77. The van der Waals surface area contributed by atoms with Gasteiger partial charge in [0.15, 0.2) is 6.04 Å². The maximum absolute atomic E-state index is 11.6. The third kappa shape index (κ3) is 6.27. The Morgan fingerprint density at radius 3 is 2.39 bits per heavy atom. The highest BCUT2D eigenvalue weighted by atomic mass is 16.6. The van der Waals surface area contributed by atoms with Gasteiger partial charge in [-0.1, -0.05) is 29.4 Å². The number of rotatable bonds is 5. The van der Waals surface area contributed by atoms with E-state index in [0.29, 0.717) is 5.56 Å². The molecule has 1 amide bonds. The Morgan fingerprint density at radius 1 is 1.30 bits per heavy atom. The summed E-state index contributed by atoms with van der Waals surface area (Å²) >= 11 is 0. The van der Waals surface area contributed by atoms with Gasteiger partial charge in [-0.3, -0.25) is 4.79 Å². The lowest BCUT2D eigenvalue weighted by atomic mass is 10.1. The predicted octanol–water partition coefficient (Wildman–Crippen LogP) is 3.24. The Hall–Kier alpha value is -2.73. The van der Waals surface area contributed by atoms with Crippen molar-refractivity contribution >= 4 is 12.1 Å². The molecular formula is C15H20N4O4. The zero-order chi connectivity index (χ0) is 17.5. The van der Waals surface area contributed by atoms with E-state index in [1.807, 2.05) is 0 Å². The van der Waals surface area contributed by atoms with Crippen LogP contribution in [0.3, 0.4) is 0 Å². The maximum atomic E-state index is 11.6. The normalized spacial score (nSPS) is 11.8. The molecule has 0 aromatic heterocycles. The molecule has 0 saturated heterocycles. The lowest BCUT2D eigenvalue weighted by molar-refractivity contribution is -0.142. The molecule has 23 heavy (non-hydrogen) atoms. The number of ether oxygens (including phenoxy) is 2. The molecule has 0 aliphatic rings. The van der Waals surface area contributed by atoms with Gasteiger partial charge < -0.3 is 14.8 Å². The minimum atomic E-state index is -1.03. The molecule has 0 aliphatic carbocycles. The lowest BCUT2D eigenvalue weighted by Gasteiger charge is -2.19. The van der Waals surface area contributed by atoms with Gasteiger partial charge in [-0.25, -0.2) is 4.79 Å². The largest absolute Gasteiger partial charge is 0.468 e. The number of azide groups is 1. The number of amides is 1. The van der Waals surface area contributed by atoms with Crippen molar-refractivity contribution in [2.45, 2.75) is 39.0 Å². The van der Waals surface area contributed by atoms with Crippen molar-refractivity contribution in [1.29, 1.82) is 0 Å². The number of hydrogen-bond acceptors (Lipinski definition) is 5. The standard InChI is InChI=1S/C15H20N4O4/c1-15(2,3)23-14(21)17-9-10-5-7-11(8-6-10)12(18-19-16)13(20)22-4/h5-8,12H,9H2,1-4H3,(H,17,21). The van der Waals surface area contributed by atoms with Gasteiger partial charge in [-0.2, -0.15) is 0 Å². The van der Waals surface area contributed by atoms with E-state index in [9.17, 15) is 9.59 Å². The van der Waals surface area contributed by atoms with Gasteiger partial charge >= 0.3 is 12.1 Å². The van der Waals surface area contributed by atoms with E-state index >= 15 is 0 Å². The predicted molar refractivity (Wildman–Crippen MR) is 83.4 cm³/mol. The Balaban J connectivity index is 2.71. The van der Waals surface area contributed by atoms with Gasteiger partial charge in [0.25, 0.3) is 0 Å². The first kappa shape index (κ1) is 18.3. The first-order valence-corrected chi connectivity index (χ1v) is 6.94. The van der Waals surface area contributed by atoms with Crippen LogP contribution in [0.1, 0.15) is 37.9 Å². The summed E-state index contributed by atoms with van der Waals surface area (Å²) < 4.78 is 9.73. The monoisotopic (exact) mass is 320 g/mol. The van der Waals surface area contributed by atoms with Crippen molar-refractivity contribution in [3.63, 3.8) is 0 Å². The van der Waals surface area contributed by atoms with Gasteiger partial charge in [-0.15, -0.1) is 0 Å². The average Bonchev–Trinajstić information content (AvgIpc) is 2.49. The minimum Gasteiger partial charge on any atom is -0.468 e. The lowest BCUT2D eigenvalue weighted by Crippen LogP contribution is -2.32. The molecular weight excluding hydrogens is 300 g/mol. The maximum Gasteiger partial charge on any atom is 0.407 e. The van der Waals surface area contributed by atoms with Crippen LogP contribution in [0, 0.1) is 0 Å². The molecule has 1 atom stereocenters. The minimum absolute atomic E-state index is 0.277. The Morgan fingerprint density at radius 2 is 1.91 bits per heavy atom.